The van der Waals surface area contributed by atoms with Crippen LogP contribution in [0.2, 0.25) is 0 Å². The maximum Gasteiger partial charge on any atom is 0.258 e. The topological polar surface area (TPSA) is 93.6 Å². The van der Waals surface area contributed by atoms with Gasteiger partial charge in [0.1, 0.15) is 0 Å². The molecule has 6 heteroatoms. The highest BCUT2D eigenvalue weighted by molar-refractivity contribution is 5.60. The molecule has 0 aliphatic rings. The Bertz CT molecular complexity index is 659. The van der Waals surface area contributed by atoms with E-state index in [2.05, 4.69) is 20.1 Å². The zero-order chi connectivity index (χ0) is 13.1. The normalized spacial score (nSPS) is 10.8. The van der Waals surface area contributed by atoms with Crippen molar-refractivity contribution in [2.24, 2.45) is 5.73 Å². The lowest BCUT2D eigenvalue weighted by atomic mass is 10.0. The number of H-pyrrole nitrogens is 1. The van der Waals surface area contributed by atoms with Gasteiger partial charge in [-0.1, -0.05) is 23.4 Å². The zero-order valence-corrected chi connectivity index (χ0v) is 10.2. The first-order chi connectivity index (χ1) is 9.38. The molecule has 19 heavy (non-hydrogen) atoms. The summed E-state index contributed by atoms with van der Waals surface area (Å²) in [6.07, 6.45) is 4.14. The van der Waals surface area contributed by atoms with Crippen LogP contribution >= 0.6 is 0 Å². The summed E-state index contributed by atoms with van der Waals surface area (Å²) in [7, 11) is 0. The molecular formula is C13H13N5O. The van der Waals surface area contributed by atoms with Crippen LogP contribution in [0.4, 0.5) is 0 Å². The number of nitrogens with zero attached hydrogens (tertiary/aromatic N) is 3. The Kier molecular flexibility index (Phi) is 3.07. The van der Waals surface area contributed by atoms with Crippen molar-refractivity contribution < 1.29 is 4.52 Å². The molecule has 0 unspecified atom stereocenters. The van der Waals surface area contributed by atoms with Gasteiger partial charge in [-0.2, -0.15) is 4.98 Å². The summed E-state index contributed by atoms with van der Waals surface area (Å²) in [5, 5.41) is 3.93. The molecule has 3 rings (SSSR count). The van der Waals surface area contributed by atoms with E-state index < -0.39 is 0 Å². The van der Waals surface area contributed by atoms with E-state index in [1.807, 2.05) is 24.3 Å². The van der Waals surface area contributed by atoms with Gasteiger partial charge in [-0.05, 0) is 24.6 Å². The fourth-order valence-electron chi connectivity index (χ4n) is 1.92. The number of aromatic amines is 1. The second kappa shape index (κ2) is 5.03. The smallest absolute Gasteiger partial charge is 0.258 e. The number of hydrogen-bond acceptors (Lipinski definition) is 5. The van der Waals surface area contributed by atoms with Crippen LogP contribution in [0.1, 0.15) is 5.56 Å². The minimum absolute atomic E-state index is 0.447. The Morgan fingerprint density at radius 3 is 2.95 bits per heavy atom. The van der Waals surface area contributed by atoms with Gasteiger partial charge < -0.3 is 15.2 Å². The van der Waals surface area contributed by atoms with Crippen molar-refractivity contribution >= 4 is 0 Å². The van der Waals surface area contributed by atoms with E-state index in [0.717, 1.165) is 17.5 Å². The Labute approximate surface area is 109 Å². The molecule has 0 saturated carbocycles. The highest BCUT2D eigenvalue weighted by atomic mass is 16.5. The van der Waals surface area contributed by atoms with Crippen LogP contribution in [0.3, 0.4) is 0 Å². The molecule has 0 saturated heterocycles. The first-order valence-corrected chi connectivity index (χ1v) is 6.00. The van der Waals surface area contributed by atoms with Gasteiger partial charge in [0.25, 0.3) is 5.89 Å². The van der Waals surface area contributed by atoms with Crippen molar-refractivity contribution in [3.8, 4) is 23.1 Å². The molecule has 2 aromatic heterocycles. The largest absolute Gasteiger partial charge is 0.342 e. The third kappa shape index (κ3) is 2.25. The number of hydrogen-bond donors (Lipinski definition) is 2. The zero-order valence-electron chi connectivity index (χ0n) is 10.2. The SMILES string of the molecule is NCCc1ccccc1-c1nc(-c2ncc[nH]2)no1. The molecule has 96 valence electrons. The molecular weight excluding hydrogens is 242 g/mol. The van der Waals surface area contributed by atoms with Gasteiger partial charge in [0.15, 0.2) is 5.82 Å². The summed E-state index contributed by atoms with van der Waals surface area (Å²) in [6.45, 7) is 0.580. The number of rotatable bonds is 4. The lowest BCUT2D eigenvalue weighted by Gasteiger charge is -2.03. The van der Waals surface area contributed by atoms with Gasteiger partial charge in [0, 0.05) is 18.0 Å². The van der Waals surface area contributed by atoms with Gasteiger partial charge in [-0.25, -0.2) is 4.98 Å². The van der Waals surface area contributed by atoms with Gasteiger partial charge in [0.05, 0.1) is 0 Å². The van der Waals surface area contributed by atoms with E-state index in [9.17, 15) is 0 Å². The molecule has 0 radical (unpaired) electrons. The molecule has 3 N–H and O–H groups in total. The molecule has 0 aliphatic carbocycles. The average molecular weight is 255 g/mol. The highest BCUT2D eigenvalue weighted by Gasteiger charge is 2.14. The number of nitrogens with one attached hydrogen (secondary N) is 1. The van der Waals surface area contributed by atoms with Gasteiger partial charge in [0.2, 0.25) is 5.82 Å². The lowest BCUT2D eigenvalue weighted by molar-refractivity contribution is 0.431. The van der Waals surface area contributed by atoms with Crippen molar-refractivity contribution in [1.29, 1.82) is 0 Å². The predicted octanol–water partition coefficient (Wildman–Crippen LogP) is 1.63. The van der Waals surface area contributed by atoms with Crippen molar-refractivity contribution in [3.63, 3.8) is 0 Å². The molecule has 6 nitrogen and oxygen atoms in total. The lowest BCUT2D eigenvalue weighted by Crippen LogP contribution is -2.03. The first kappa shape index (κ1) is 11.6. The van der Waals surface area contributed by atoms with Crippen LogP contribution in [0.5, 0.6) is 0 Å². The maximum absolute atomic E-state index is 5.61. The quantitative estimate of drug-likeness (QED) is 0.739. The molecule has 0 fully saturated rings. The molecule has 1 aromatic carbocycles. The second-order valence-corrected chi connectivity index (χ2v) is 4.06. The molecule has 0 aliphatic heterocycles. The third-order valence-corrected chi connectivity index (χ3v) is 2.80. The summed E-state index contributed by atoms with van der Waals surface area (Å²) in [6, 6.07) is 7.87. The predicted molar refractivity (Wildman–Crippen MR) is 70.1 cm³/mol. The van der Waals surface area contributed by atoms with Crippen LogP contribution in [0.25, 0.3) is 23.1 Å². The summed E-state index contributed by atoms with van der Waals surface area (Å²) >= 11 is 0. The Morgan fingerprint density at radius 1 is 1.26 bits per heavy atom. The van der Waals surface area contributed by atoms with Crippen molar-refractivity contribution in [3.05, 3.63) is 42.2 Å². The number of nitrogens with two attached hydrogens (primary N) is 1. The molecule has 0 bridgehead atoms. The second-order valence-electron chi connectivity index (χ2n) is 4.06. The van der Waals surface area contributed by atoms with E-state index in [1.54, 1.807) is 12.4 Å². The van der Waals surface area contributed by atoms with Crippen molar-refractivity contribution in [2.45, 2.75) is 6.42 Å². The third-order valence-electron chi connectivity index (χ3n) is 2.80. The first-order valence-electron chi connectivity index (χ1n) is 6.00. The Balaban J connectivity index is 1.99. The summed E-state index contributed by atoms with van der Waals surface area (Å²) in [4.78, 5) is 11.4. The van der Waals surface area contributed by atoms with E-state index in [0.29, 0.717) is 24.1 Å². The number of benzene rings is 1. The molecule has 3 aromatic rings. The molecule has 0 spiro atoms. The molecule has 0 atom stereocenters. The standard InChI is InChI=1S/C13H13N5O/c14-6-5-9-3-1-2-4-10(9)13-17-12(18-19-13)11-15-7-8-16-11/h1-4,7-8H,5-6,14H2,(H,15,16). The monoisotopic (exact) mass is 255 g/mol. The molecule has 2 heterocycles. The summed E-state index contributed by atoms with van der Waals surface area (Å²) in [5.41, 5.74) is 7.62. The summed E-state index contributed by atoms with van der Waals surface area (Å²) < 4.78 is 5.30. The number of imidazole rings is 1. The highest BCUT2D eigenvalue weighted by Crippen LogP contribution is 2.24. The van der Waals surface area contributed by atoms with E-state index in [-0.39, 0.29) is 0 Å². The van der Waals surface area contributed by atoms with Crippen LogP contribution in [-0.4, -0.2) is 26.7 Å². The molecule has 0 amide bonds. The van der Waals surface area contributed by atoms with Crippen LogP contribution in [0.15, 0.2) is 41.2 Å². The Morgan fingerprint density at radius 2 is 2.16 bits per heavy atom. The minimum atomic E-state index is 0.447. The minimum Gasteiger partial charge on any atom is -0.342 e. The maximum atomic E-state index is 5.61. The number of aromatic nitrogens is 4. The average Bonchev–Trinajstić information content (AvgIpc) is 3.11. The summed E-state index contributed by atoms with van der Waals surface area (Å²) in [5.74, 6) is 1.52. The van der Waals surface area contributed by atoms with Gasteiger partial charge in [-0.15, -0.1) is 0 Å². The van der Waals surface area contributed by atoms with Crippen molar-refractivity contribution in [2.75, 3.05) is 6.54 Å². The van der Waals surface area contributed by atoms with E-state index >= 15 is 0 Å². The van der Waals surface area contributed by atoms with E-state index in [4.69, 9.17) is 10.3 Å². The fraction of sp³-hybridized carbons (Fsp3) is 0.154. The van der Waals surface area contributed by atoms with Crippen LogP contribution in [-0.2, 0) is 6.42 Å². The van der Waals surface area contributed by atoms with Crippen molar-refractivity contribution in [1.82, 2.24) is 20.1 Å². The Hall–Kier alpha value is -2.47. The van der Waals surface area contributed by atoms with Gasteiger partial charge >= 0.3 is 0 Å². The van der Waals surface area contributed by atoms with Gasteiger partial charge in [-0.3, -0.25) is 0 Å². The van der Waals surface area contributed by atoms with E-state index in [1.165, 1.54) is 0 Å². The fourth-order valence-corrected chi connectivity index (χ4v) is 1.92. The van der Waals surface area contributed by atoms with Crippen LogP contribution < -0.4 is 5.73 Å². The van der Waals surface area contributed by atoms with Crippen LogP contribution in [0, 0.1) is 0 Å².